The van der Waals surface area contributed by atoms with E-state index < -0.39 is 37.9 Å². The summed E-state index contributed by atoms with van der Waals surface area (Å²) in [5, 5.41) is 0. The lowest BCUT2D eigenvalue weighted by molar-refractivity contribution is -0.0503. The van der Waals surface area contributed by atoms with Gasteiger partial charge in [-0.1, -0.05) is 6.92 Å². The first-order valence-electron chi connectivity index (χ1n) is 9.82. The largest absolute Gasteiger partial charge is 0.547 e. The Hall–Kier alpha value is -1.06. The van der Waals surface area contributed by atoms with Crippen LogP contribution in [0.5, 0.6) is 0 Å². The molecule has 1 atom stereocenters. The van der Waals surface area contributed by atoms with Crippen LogP contribution in [0.25, 0.3) is 0 Å². The molecule has 0 bridgehead atoms. The minimum atomic E-state index is -5.39. The van der Waals surface area contributed by atoms with Gasteiger partial charge in [0.15, 0.2) is 0 Å². The highest BCUT2D eigenvalue weighted by molar-refractivity contribution is 7.88. The minimum Gasteiger partial charge on any atom is -0.547 e. The van der Waals surface area contributed by atoms with Crippen molar-refractivity contribution in [3.8, 4) is 0 Å². The second-order valence-electron chi connectivity index (χ2n) is 10.2. The van der Waals surface area contributed by atoms with Crippen molar-refractivity contribution in [1.29, 1.82) is 0 Å². The predicted molar refractivity (Wildman–Crippen MR) is 119 cm³/mol. The van der Waals surface area contributed by atoms with Crippen molar-refractivity contribution in [3.63, 3.8) is 0 Å². The quantitative estimate of drug-likeness (QED) is 0.380. The lowest BCUT2D eigenvalue weighted by atomic mass is 10.1. The molecule has 0 aromatic rings. The molecule has 7 nitrogen and oxygen atoms in total. The third-order valence-corrected chi connectivity index (χ3v) is 7.50. The molecular formula is C18H36F3NO6SSi2. The molecule has 0 aliphatic carbocycles. The van der Waals surface area contributed by atoms with Gasteiger partial charge in [0.05, 0.1) is 5.76 Å². The maximum atomic E-state index is 12.0. The molecule has 0 fully saturated rings. The minimum absolute atomic E-state index is 0.230. The molecule has 31 heavy (non-hydrogen) atoms. The number of amides is 1. The Bertz CT molecular complexity index is 750. The van der Waals surface area contributed by atoms with Crippen molar-refractivity contribution in [1.82, 2.24) is 4.90 Å². The number of carbonyl (C=O) groups excluding carboxylic acids is 1. The molecule has 0 saturated carbocycles. The maximum absolute atomic E-state index is 12.0. The van der Waals surface area contributed by atoms with Gasteiger partial charge in [0, 0.05) is 19.0 Å². The number of hydrogen-bond acceptors (Lipinski definition) is 6. The van der Waals surface area contributed by atoms with Gasteiger partial charge < -0.3 is 17.9 Å². The van der Waals surface area contributed by atoms with E-state index >= 15 is 0 Å². The van der Waals surface area contributed by atoms with Crippen LogP contribution in [-0.4, -0.2) is 60.2 Å². The summed E-state index contributed by atoms with van der Waals surface area (Å²) in [7, 11) is -9.68. The Morgan fingerprint density at radius 1 is 1.06 bits per heavy atom. The maximum Gasteiger partial charge on any atom is 0.522 e. The standard InChI is InChI=1S/C14H27NO3Si.C4H9F3O3SSi/c1-11-10-15(13(16)17-14(2,3)4)9-8-12(11)18-19(5,6)7;1-12(2,3)10-11(8,9)4(5,6)7/h8,11H,9-10H2,1-7H3;1-3H3. The fraction of sp³-hybridized carbons (Fsp3) is 0.833. The summed E-state index contributed by atoms with van der Waals surface area (Å²) in [5.41, 5.74) is -5.76. The van der Waals surface area contributed by atoms with E-state index in [1.807, 2.05) is 26.8 Å². The van der Waals surface area contributed by atoms with Gasteiger partial charge >= 0.3 is 21.7 Å². The monoisotopic (exact) mass is 507 g/mol. The lowest BCUT2D eigenvalue weighted by Crippen LogP contribution is -2.43. The number of ether oxygens (including phenoxy) is 1. The van der Waals surface area contributed by atoms with Crippen LogP contribution in [-0.2, 0) is 23.2 Å². The molecular weight excluding hydrogens is 471 g/mol. The van der Waals surface area contributed by atoms with Gasteiger partial charge in [0.1, 0.15) is 5.60 Å². The zero-order valence-corrected chi connectivity index (χ0v) is 22.8. The van der Waals surface area contributed by atoms with Crippen LogP contribution in [0.15, 0.2) is 11.8 Å². The first-order chi connectivity index (χ1) is 13.4. The van der Waals surface area contributed by atoms with Crippen LogP contribution >= 0.6 is 0 Å². The van der Waals surface area contributed by atoms with Crippen LogP contribution in [0.3, 0.4) is 0 Å². The SMILES string of the molecule is CC1CN(C(=O)OC(C)(C)C)CC=C1O[Si](C)(C)C.C[Si](C)(C)OS(=O)(=O)C(F)(F)F. The van der Waals surface area contributed by atoms with Gasteiger partial charge in [0.2, 0.25) is 16.6 Å². The number of nitrogens with zero attached hydrogens (tertiary/aromatic N) is 1. The van der Waals surface area contributed by atoms with Crippen LogP contribution in [0.4, 0.5) is 18.0 Å². The molecule has 13 heteroatoms. The highest BCUT2D eigenvalue weighted by Crippen LogP contribution is 2.27. The summed E-state index contributed by atoms with van der Waals surface area (Å²) in [6.45, 7) is 19.5. The van der Waals surface area contributed by atoms with Crippen molar-refractivity contribution in [2.75, 3.05) is 13.1 Å². The Kier molecular flexibility index (Phi) is 9.91. The number of hydrogen-bond donors (Lipinski definition) is 0. The third kappa shape index (κ3) is 12.5. The molecule has 0 aromatic carbocycles. The molecule has 1 aliphatic rings. The molecule has 184 valence electrons. The summed E-state index contributed by atoms with van der Waals surface area (Å²) in [4.78, 5) is 13.7. The van der Waals surface area contributed by atoms with Gasteiger partial charge in [-0.25, -0.2) is 4.79 Å². The highest BCUT2D eigenvalue weighted by atomic mass is 32.2. The molecule has 1 heterocycles. The summed E-state index contributed by atoms with van der Waals surface area (Å²) in [6.07, 6.45) is 1.76. The Morgan fingerprint density at radius 2 is 1.55 bits per heavy atom. The first-order valence-corrected chi connectivity index (χ1v) is 18.0. The van der Waals surface area contributed by atoms with Crippen LogP contribution in [0.1, 0.15) is 27.7 Å². The average Bonchev–Trinajstić information content (AvgIpc) is 2.43. The van der Waals surface area contributed by atoms with E-state index in [-0.39, 0.29) is 12.0 Å². The zero-order chi connectivity index (χ0) is 25.1. The third-order valence-electron chi connectivity index (χ3n) is 3.21. The van der Waals surface area contributed by atoms with Crippen molar-refractivity contribution in [3.05, 3.63) is 11.8 Å². The second kappa shape index (κ2) is 10.3. The van der Waals surface area contributed by atoms with E-state index in [1.165, 1.54) is 19.6 Å². The Labute approximate surface area is 186 Å². The second-order valence-corrected chi connectivity index (χ2v) is 20.9. The summed E-state index contributed by atoms with van der Waals surface area (Å²) < 4.78 is 71.1. The van der Waals surface area contributed by atoms with E-state index in [2.05, 4.69) is 30.4 Å². The summed E-state index contributed by atoms with van der Waals surface area (Å²) >= 11 is 0. The molecule has 1 amide bonds. The number of rotatable bonds is 4. The predicted octanol–water partition coefficient (Wildman–Crippen LogP) is 5.30. The van der Waals surface area contributed by atoms with Gasteiger partial charge in [-0.3, -0.25) is 0 Å². The molecule has 0 aromatic heterocycles. The van der Waals surface area contributed by atoms with E-state index in [4.69, 9.17) is 9.16 Å². The van der Waals surface area contributed by atoms with E-state index in [1.54, 1.807) is 4.90 Å². The summed E-state index contributed by atoms with van der Waals surface area (Å²) in [5.74, 6) is 1.26. The number of halogens is 3. The fourth-order valence-corrected chi connectivity index (χ4v) is 6.25. The summed E-state index contributed by atoms with van der Waals surface area (Å²) in [6, 6.07) is 0. The van der Waals surface area contributed by atoms with Gasteiger partial charge in [-0.15, -0.1) is 0 Å². The normalized spacial score (nSPS) is 18.5. The van der Waals surface area contributed by atoms with Gasteiger partial charge in [-0.05, 0) is 66.1 Å². The molecule has 1 aliphatic heterocycles. The lowest BCUT2D eigenvalue weighted by Gasteiger charge is -2.34. The molecule has 0 saturated heterocycles. The topological polar surface area (TPSA) is 82.1 Å². The molecule has 0 N–H and O–H groups in total. The van der Waals surface area contributed by atoms with Crippen LogP contribution in [0, 0.1) is 5.92 Å². The average molecular weight is 508 g/mol. The zero-order valence-electron chi connectivity index (χ0n) is 20.0. The Balaban J connectivity index is 0.000000649. The number of carbonyl (C=O) groups is 1. The van der Waals surface area contributed by atoms with Crippen LogP contribution in [0.2, 0.25) is 39.3 Å². The highest BCUT2D eigenvalue weighted by Gasteiger charge is 2.49. The number of alkyl halides is 3. The van der Waals surface area contributed by atoms with Crippen molar-refractivity contribution < 1.29 is 39.4 Å². The Morgan fingerprint density at radius 3 is 1.84 bits per heavy atom. The van der Waals surface area contributed by atoms with Gasteiger partial charge in [0.25, 0.3) is 0 Å². The smallest absolute Gasteiger partial charge is 0.522 e. The van der Waals surface area contributed by atoms with Crippen molar-refractivity contribution in [2.24, 2.45) is 5.92 Å². The molecule has 1 unspecified atom stereocenters. The van der Waals surface area contributed by atoms with Gasteiger partial charge in [-0.2, -0.15) is 21.6 Å². The molecule has 0 spiro atoms. The fourth-order valence-electron chi connectivity index (χ4n) is 2.24. The first kappa shape index (κ1) is 29.9. The van der Waals surface area contributed by atoms with E-state index in [0.29, 0.717) is 13.1 Å². The van der Waals surface area contributed by atoms with Crippen molar-refractivity contribution >= 4 is 32.8 Å². The van der Waals surface area contributed by atoms with E-state index in [0.717, 1.165) is 5.76 Å². The van der Waals surface area contributed by atoms with Crippen LogP contribution < -0.4 is 0 Å². The molecule has 0 radical (unpaired) electrons. The van der Waals surface area contributed by atoms with E-state index in [9.17, 15) is 26.4 Å². The molecule has 1 rings (SSSR count). The van der Waals surface area contributed by atoms with Crippen molar-refractivity contribution in [2.45, 2.75) is 78.1 Å².